The van der Waals surface area contributed by atoms with Crippen LogP contribution in [0, 0.1) is 23.1 Å². The predicted molar refractivity (Wildman–Crippen MR) is 267 cm³/mol. The number of methoxy groups -OCH3 is 1. The minimum atomic E-state index is -4.75. The van der Waals surface area contributed by atoms with Gasteiger partial charge in [0.25, 0.3) is 5.91 Å². The molecule has 73 heavy (non-hydrogen) atoms. The number of carbonyl (C=O) groups excluding carboxylic acids is 4. The van der Waals surface area contributed by atoms with E-state index in [2.05, 4.69) is 10.7 Å². The highest BCUT2D eigenvalue weighted by Gasteiger charge is 2.42. The summed E-state index contributed by atoms with van der Waals surface area (Å²) in [5.74, 6) is -3.85. The zero-order valence-electron chi connectivity index (χ0n) is 42.9. The van der Waals surface area contributed by atoms with E-state index in [1.807, 2.05) is 24.8 Å². The number of rotatable bonds is 10. The van der Waals surface area contributed by atoms with E-state index in [9.17, 15) is 37.5 Å². The molecule has 4 aliphatic rings. The number of nitrogens with one attached hydrogen (secondary N) is 2. The third kappa shape index (κ3) is 12.0. The Morgan fingerprint density at radius 1 is 1.07 bits per heavy atom. The predicted octanol–water partition coefficient (Wildman–Crippen LogP) is 7.14. The molecule has 3 N–H and O–H groups in total. The van der Waals surface area contributed by atoms with Crippen molar-refractivity contribution in [1.82, 2.24) is 35.2 Å². The minimum Gasteiger partial charge on any atom is -0.464 e. The molecule has 21 heteroatoms. The molecule has 2 saturated heterocycles. The molecule has 3 fully saturated rings. The van der Waals surface area contributed by atoms with Crippen LogP contribution in [0.5, 0.6) is 0 Å². The normalized spacial score (nSPS) is 24.0. The van der Waals surface area contributed by atoms with Gasteiger partial charge >= 0.3 is 12.1 Å². The van der Waals surface area contributed by atoms with Crippen LogP contribution >= 0.6 is 11.3 Å². The van der Waals surface area contributed by atoms with Crippen molar-refractivity contribution in [3.05, 3.63) is 51.9 Å². The Hall–Kier alpha value is -5.22. The molecule has 1 aromatic carbocycles. The fourth-order valence-electron chi connectivity index (χ4n) is 10.9. The van der Waals surface area contributed by atoms with E-state index >= 15 is 4.39 Å². The summed E-state index contributed by atoms with van der Waals surface area (Å²) in [6.07, 6.45) is -1.10. The number of fused-ring (bicyclic) bond motifs is 6. The lowest BCUT2D eigenvalue weighted by Crippen LogP contribution is -2.62. The molecule has 3 amide bonds. The molecule has 8 rings (SSSR count). The molecule has 6 atom stereocenters. The first-order valence-corrected chi connectivity index (χ1v) is 26.1. The topological polar surface area (TPSA) is 181 Å². The maximum atomic E-state index is 16.9. The number of hydrazine groups is 1. The number of hydrogen-bond acceptors (Lipinski definition) is 13. The number of ether oxygens (including phenoxy) is 3. The Labute approximate surface area is 427 Å². The molecule has 0 spiro atoms. The lowest BCUT2D eigenvalue weighted by atomic mass is 9.78. The van der Waals surface area contributed by atoms with Crippen molar-refractivity contribution in [2.24, 2.45) is 17.3 Å². The van der Waals surface area contributed by atoms with Crippen molar-refractivity contribution in [3.63, 3.8) is 0 Å². The number of alkyl halides is 3. The summed E-state index contributed by atoms with van der Waals surface area (Å²) in [4.78, 5) is 70.2. The van der Waals surface area contributed by atoms with Gasteiger partial charge in [0.05, 0.1) is 71.0 Å². The molecule has 6 heterocycles. The number of esters is 1. The van der Waals surface area contributed by atoms with Gasteiger partial charge in [-0.1, -0.05) is 27.7 Å². The summed E-state index contributed by atoms with van der Waals surface area (Å²) in [6, 6.07) is 1.16. The van der Waals surface area contributed by atoms with E-state index in [0.717, 1.165) is 22.0 Å². The molecule has 398 valence electrons. The van der Waals surface area contributed by atoms with E-state index in [0.29, 0.717) is 91.3 Å². The van der Waals surface area contributed by atoms with Gasteiger partial charge in [0.15, 0.2) is 0 Å². The molecular formula is C52H68F4N8O8S. The highest BCUT2D eigenvalue weighted by Crippen LogP contribution is 2.45. The Bertz CT molecular complexity index is 2700. The second-order valence-corrected chi connectivity index (χ2v) is 22.5. The molecule has 1 unspecified atom stereocenters. The Kier molecular flexibility index (Phi) is 16.0. The summed E-state index contributed by atoms with van der Waals surface area (Å²) in [5, 5.41) is 17.3. The number of nitrogens with zero attached hydrogens (tertiary/aromatic N) is 6. The number of hydrogen-bond donors (Lipinski definition) is 3. The second kappa shape index (κ2) is 21.6. The summed E-state index contributed by atoms with van der Waals surface area (Å²) < 4.78 is 80.4. The van der Waals surface area contributed by atoms with Crippen molar-refractivity contribution in [3.8, 4) is 22.5 Å². The average Bonchev–Trinajstić information content (AvgIpc) is 3.91. The van der Waals surface area contributed by atoms with E-state index in [1.165, 1.54) is 23.1 Å². The van der Waals surface area contributed by atoms with Crippen molar-refractivity contribution >= 4 is 51.6 Å². The van der Waals surface area contributed by atoms with E-state index in [1.54, 1.807) is 46.3 Å². The van der Waals surface area contributed by atoms with Crippen LogP contribution in [0.15, 0.2) is 29.8 Å². The molecule has 1 saturated carbocycles. The number of amides is 3. The van der Waals surface area contributed by atoms with Crippen LogP contribution < -0.4 is 15.6 Å². The first-order chi connectivity index (χ1) is 34.4. The van der Waals surface area contributed by atoms with Crippen molar-refractivity contribution < 1.29 is 56.1 Å². The van der Waals surface area contributed by atoms with Gasteiger partial charge in [-0.25, -0.2) is 14.8 Å². The summed E-state index contributed by atoms with van der Waals surface area (Å²) in [7, 11) is 3.04. The van der Waals surface area contributed by atoms with Gasteiger partial charge in [0, 0.05) is 73.4 Å². The minimum absolute atomic E-state index is 0.00265. The molecule has 16 nitrogen and oxygen atoms in total. The van der Waals surface area contributed by atoms with E-state index in [4.69, 9.17) is 24.2 Å². The van der Waals surface area contributed by atoms with Crippen LogP contribution in [0.3, 0.4) is 0 Å². The number of anilines is 1. The summed E-state index contributed by atoms with van der Waals surface area (Å²) in [5.41, 5.74) is 3.22. The number of aromatic nitrogens is 3. The molecule has 1 aliphatic carbocycles. The van der Waals surface area contributed by atoms with Crippen molar-refractivity contribution in [2.45, 2.75) is 135 Å². The molecule has 6 bridgehead atoms. The maximum absolute atomic E-state index is 16.9. The number of likely N-dealkylation sites (N-methyl/N-ethyl adjacent to an activating group) is 1. The number of benzene rings is 1. The Morgan fingerprint density at radius 2 is 1.81 bits per heavy atom. The average molecular weight is 1040 g/mol. The van der Waals surface area contributed by atoms with Crippen LogP contribution in [-0.2, 0) is 52.8 Å². The lowest BCUT2D eigenvalue weighted by Gasteiger charge is -2.38. The van der Waals surface area contributed by atoms with Gasteiger partial charge in [-0.05, 0) is 88.5 Å². The van der Waals surface area contributed by atoms with Crippen molar-refractivity contribution in [1.29, 1.82) is 0 Å². The summed E-state index contributed by atoms with van der Waals surface area (Å²) in [6.45, 7) is 11.2. The number of pyridine rings is 1. The second-order valence-electron chi connectivity index (χ2n) is 21.6. The van der Waals surface area contributed by atoms with Crippen LogP contribution in [0.25, 0.3) is 33.4 Å². The Morgan fingerprint density at radius 3 is 2.49 bits per heavy atom. The van der Waals surface area contributed by atoms with Gasteiger partial charge in [0.1, 0.15) is 30.5 Å². The smallest absolute Gasteiger partial charge is 0.406 e. The summed E-state index contributed by atoms with van der Waals surface area (Å²) >= 11 is 1.12. The number of morpholine rings is 1. The SMILES string of the molecule is CO[C@@H](C)c1ncc(N2CCOCC2)cc1-c1c2c3cc(c(F)cc3n1CC(F)(F)F)-c1csc(n1)C[C@H](NC(=O)[C@H](C(C)C)N(C)C(=O)C1CCC[C@@](C)(O)C1)C(=O)N1CCC[C@H](N1)C(=O)OCC(C)(C)C2. The van der Waals surface area contributed by atoms with Crippen LogP contribution in [0.2, 0.25) is 0 Å². The third-order valence-corrected chi connectivity index (χ3v) is 15.5. The van der Waals surface area contributed by atoms with Gasteiger partial charge in [-0.2, -0.15) is 13.2 Å². The van der Waals surface area contributed by atoms with Gasteiger partial charge in [0.2, 0.25) is 11.8 Å². The molecule has 3 aromatic heterocycles. The first kappa shape index (κ1) is 54.1. The van der Waals surface area contributed by atoms with Gasteiger partial charge in [-0.3, -0.25) is 29.2 Å². The molecule has 0 radical (unpaired) electrons. The largest absolute Gasteiger partial charge is 0.464 e. The van der Waals surface area contributed by atoms with Crippen LogP contribution in [0.4, 0.5) is 23.2 Å². The monoisotopic (exact) mass is 1040 g/mol. The van der Waals surface area contributed by atoms with Gasteiger partial charge < -0.3 is 39.0 Å². The fourth-order valence-corrected chi connectivity index (χ4v) is 11.8. The molecular weight excluding hydrogens is 973 g/mol. The van der Waals surface area contributed by atoms with E-state index < -0.39 is 83.4 Å². The van der Waals surface area contributed by atoms with Crippen LogP contribution in [0.1, 0.15) is 102 Å². The Balaban J connectivity index is 1.25. The van der Waals surface area contributed by atoms with Crippen molar-refractivity contribution in [2.75, 3.05) is 58.5 Å². The zero-order chi connectivity index (χ0) is 52.7. The zero-order valence-corrected chi connectivity index (χ0v) is 43.7. The number of halogens is 4. The third-order valence-electron chi connectivity index (χ3n) is 14.7. The number of aliphatic hydroxyl groups is 1. The molecule has 4 aromatic rings. The lowest BCUT2D eigenvalue weighted by molar-refractivity contribution is -0.155. The highest BCUT2D eigenvalue weighted by molar-refractivity contribution is 7.10. The first-order valence-electron chi connectivity index (χ1n) is 25.2. The number of thiazole rings is 1. The number of carbonyl (C=O) groups is 4. The van der Waals surface area contributed by atoms with E-state index in [-0.39, 0.29) is 60.8 Å². The van der Waals surface area contributed by atoms with Crippen LogP contribution in [-0.4, -0.2) is 137 Å². The maximum Gasteiger partial charge on any atom is 0.406 e. The molecule has 3 aliphatic heterocycles. The standard InChI is InChI=1S/C52H68F4N8O8S/c1-29(2)44(61(7)47(66)31-11-9-13-51(6,69)23-31)46(65)59-39-22-42-58-40(26-73-42)34-20-33-36(24-50(4,5)28-72-49(68)38-12-10-14-64(60-38)48(39)67)45(63(27-52(54,55)56)41(33)21-37(34)53)35-19-32(62-15-17-71-18-16-62)25-57-43(35)30(3)70-8/h19-21,25-26,29-31,38-39,44,60,69H,9-18,22-24,27-28H2,1-8H3,(H,59,65)/t30-,31?,38-,39-,44-,51+/m0/s1. The number of cyclic esters (lactones) is 1. The highest BCUT2D eigenvalue weighted by atomic mass is 32.1. The fraction of sp³-hybridized carbons (Fsp3) is 0.615. The van der Waals surface area contributed by atoms with Gasteiger partial charge in [-0.15, -0.1) is 11.3 Å². The quantitative estimate of drug-likeness (QED) is 0.108.